The van der Waals surface area contributed by atoms with Gasteiger partial charge in [0, 0.05) is 38.4 Å². The van der Waals surface area contributed by atoms with Gasteiger partial charge in [0.05, 0.1) is 0 Å². The van der Waals surface area contributed by atoms with E-state index in [9.17, 15) is 9.59 Å². The number of nitrogens with one attached hydrogen (secondary N) is 1. The van der Waals surface area contributed by atoms with Gasteiger partial charge in [-0.25, -0.2) is 0 Å². The molecule has 0 aliphatic rings. The zero-order chi connectivity index (χ0) is 22.6. The zero-order valence-electron chi connectivity index (χ0n) is 18.7. The summed E-state index contributed by atoms with van der Waals surface area (Å²) in [5, 5.41) is 3.05. The van der Waals surface area contributed by atoms with Gasteiger partial charge >= 0.3 is 0 Å². The van der Waals surface area contributed by atoms with E-state index in [1.165, 1.54) is 11.1 Å². The summed E-state index contributed by atoms with van der Waals surface area (Å²) in [7, 11) is 0. The van der Waals surface area contributed by atoms with E-state index in [-0.39, 0.29) is 17.7 Å². The van der Waals surface area contributed by atoms with Crippen molar-refractivity contribution in [1.29, 1.82) is 0 Å². The van der Waals surface area contributed by atoms with Crippen LogP contribution in [-0.2, 0) is 16.1 Å². The van der Waals surface area contributed by atoms with Crippen LogP contribution >= 0.6 is 0 Å². The maximum absolute atomic E-state index is 12.5. The van der Waals surface area contributed by atoms with Crippen LogP contribution in [0.1, 0.15) is 48.8 Å². The maximum atomic E-state index is 12.5. The molecule has 3 aromatic carbocycles. The molecular weight excluding hydrogens is 396 g/mol. The molecule has 0 aromatic heterocycles. The van der Waals surface area contributed by atoms with Crippen LogP contribution in [0.3, 0.4) is 0 Å². The molecular formula is C28H32N2O2. The van der Waals surface area contributed by atoms with Crippen LogP contribution in [0, 0.1) is 0 Å². The molecule has 0 fully saturated rings. The van der Waals surface area contributed by atoms with Crippen LogP contribution in [0.25, 0.3) is 0 Å². The Morgan fingerprint density at radius 1 is 0.812 bits per heavy atom. The zero-order valence-corrected chi connectivity index (χ0v) is 18.7. The third-order valence-corrected chi connectivity index (χ3v) is 5.64. The first-order valence-electron chi connectivity index (χ1n) is 11.4. The highest BCUT2D eigenvalue weighted by Gasteiger charge is 2.16. The van der Waals surface area contributed by atoms with Crippen LogP contribution in [0.2, 0.25) is 0 Å². The van der Waals surface area contributed by atoms with Crippen molar-refractivity contribution in [3.05, 3.63) is 108 Å². The Balaban J connectivity index is 1.53. The van der Waals surface area contributed by atoms with Crippen molar-refractivity contribution in [1.82, 2.24) is 10.2 Å². The minimum Gasteiger partial charge on any atom is -0.356 e. The molecule has 0 saturated heterocycles. The monoisotopic (exact) mass is 428 g/mol. The Hall–Kier alpha value is -3.40. The molecule has 0 heterocycles. The van der Waals surface area contributed by atoms with Crippen LogP contribution < -0.4 is 5.32 Å². The van der Waals surface area contributed by atoms with Crippen LogP contribution in [0.15, 0.2) is 91.0 Å². The van der Waals surface area contributed by atoms with Crippen molar-refractivity contribution in [3.63, 3.8) is 0 Å². The number of hydrogen-bond acceptors (Lipinski definition) is 2. The summed E-state index contributed by atoms with van der Waals surface area (Å²) in [6.45, 7) is 3.40. The molecule has 0 spiro atoms. The van der Waals surface area contributed by atoms with Gasteiger partial charge in [-0.05, 0) is 23.1 Å². The first-order valence-corrected chi connectivity index (χ1v) is 11.4. The van der Waals surface area contributed by atoms with Crippen molar-refractivity contribution >= 4 is 11.8 Å². The summed E-state index contributed by atoms with van der Waals surface area (Å²) in [6.07, 6.45) is 1.56. The largest absolute Gasteiger partial charge is 0.356 e. The van der Waals surface area contributed by atoms with E-state index in [2.05, 4.69) is 53.8 Å². The fourth-order valence-corrected chi connectivity index (χ4v) is 3.90. The van der Waals surface area contributed by atoms with Crippen LogP contribution in [0.4, 0.5) is 0 Å². The van der Waals surface area contributed by atoms with Crippen LogP contribution in [0.5, 0.6) is 0 Å². The number of rotatable bonds is 11. The van der Waals surface area contributed by atoms with Gasteiger partial charge < -0.3 is 10.2 Å². The summed E-state index contributed by atoms with van der Waals surface area (Å²) < 4.78 is 0. The number of carbonyl (C=O) groups excluding carboxylic acids is 2. The number of carbonyl (C=O) groups is 2. The molecule has 1 N–H and O–H groups in total. The lowest BCUT2D eigenvalue weighted by molar-refractivity contribution is -0.132. The van der Waals surface area contributed by atoms with Gasteiger partial charge in [-0.2, -0.15) is 0 Å². The van der Waals surface area contributed by atoms with Gasteiger partial charge in [-0.1, -0.05) is 97.9 Å². The molecule has 0 aliphatic heterocycles. The Morgan fingerprint density at radius 3 is 1.88 bits per heavy atom. The van der Waals surface area contributed by atoms with Gasteiger partial charge in [0.15, 0.2) is 0 Å². The van der Waals surface area contributed by atoms with E-state index in [0.29, 0.717) is 32.5 Å². The Labute approximate surface area is 191 Å². The van der Waals surface area contributed by atoms with Gasteiger partial charge in [0.2, 0.25) is 11.8 Å². The molecule has 4 heteroatoms. The fourth-order valence-electron chi connectivity index (χ4n) is 3.90. The highest BCUT2D eigenvalue weighted by Crippen LogP contribution is 2.27. The molecule has 0 bridgehead atoms. The summed E-state index contributed by atoms with van der Waals surface area (Å²) in [6, 6.07) is 30.7. The number of amides is 2. The molecule has 3 rings (SSSR count). The molecule has 0 aliphatic carbocycles. The minimum atomic E-state index is -0.0214. The second-order valence-electron chi connectivity index (χ2n) is 7.92. The van der Waals surface area contributed by atoms with E-state index < -0.39 is 0 Å². The number of benzene rings is 3. The standard InChI is InChI=1S/C28H32N2O2/c1-2-28(32)30(22-23-12-6-3-7-13-23)21-19-27(31)29-20-18-26(24-14-8-4-9-15-24)25-16-10-5-11-17-25/h3-17,26H,2,18-22H2,1H3,(H,29,31). The quantitative estimate of drug-likeness (QED) is 0.459. The fraction of sp³-hybridized carbons (Fsp3) is 0.286. The molecule has 3 aromatic rings. The van der Waals surface area contributed by atoms with E-state index in [1.807, 2.05) is 49.4 Å². The van der Waals surface area contributed by atoms with E-state index >= 15 is 0 Å². The van der Waals surface area contributed by atoms with E-state index in [1.54, 1.807) is 4.90 Å². The lowest BCUT2D eigenvalue weighted by Crippen LogP contribution is -2.35. The first-order chi connectivity index (χ1) is 15.7. The van der Waals surface area contributed by atoms with Crippen molar-refractivity contribution in [2.45, 2.75) is 38.6 Å². The van der Waals surface area contributed by atoms with Crippen molar-refractivity contribution in [3.8, 4) is 0 Å². The van der Waals surface area contributed by atoms with Crippen molar-refractivity contribution in [2.75, 3.05) is 13.1 Å². The second kappa shape index (κ2) is 12.5. The molecule has 32 heavy (non-hydrogen) atoms. The van der Waals surface area contributed by atoms with Crippen LogP contribution in [-0.4, -0.2) is 29.8 Å². The SMILES string of the molecule is CCC(=O)N(CCC(=O)NCCC(c1ccccc1)c1ccccc1)Cc1ccccc1. The normalized spacial score (nSPS) is 10.7. The lowest BCUT2D eigenvalue weighted by Gasteiger charge is -2.22. The highest BCUT2D eigenvalue weighted by atomic mass is 16.2. The molecule has 0 atom stereocenters. The Bertz CT molecular complexity index is 919. The van der Waals surface area contributed by atoms with Gasteiger partial charge in [-0.15, -0.1) is 0 Å². The lowest BCUT2D eigenvalue weighted by atomic mass is 9.88. The van der Waals surface area contributed by atoms with Gasteiger partial charge in [0.25, 0.3) is 0 Å². The number of nitrogens with zero attached hydrogens (tertiary/aromatic N) is 1. The third-order valence-electron chi connectivity index (χ3n) is 5.64. The first kappa shape index (κ1) is 23.3. The number of hydrogen-bond donors (Lipinski definition) is 1. The maximum Gasteiger partial charge on any atom is 0.222 e. The predicted octanol–water partition coefficient (Wildman–Crippen LogP) is 5.15. The topological polar surface area (TPSA) is 49.4 Å². The predicted molar refractivity (Wildman–Crippen MR) is 129 cm³/mol. The molecule has 0 unspecified atom stereocenters. The smallest absolute Gasteiger partial charge is 0.222 e. The molecule has 2 amide bonds. The molecule has 0 radical (unpaired) electrons. The Kier molecular flexibility index (Phi) is 9.05. The summed E-state index contributed by atoms with van der Waals surface area (Å²) in [5.41, 5.74) is 3.56. The third kappa shape index (κ3) is 7.09. The Morgan fingerprint density at radius 2 is 1.34 bits per heavy atom. The summed E-state index contributed by atoms with van der Waals surface area (Å²) in [4.78, 5) is 26.6. The minimum absolute atomic E-state index is 0.0214. The van der Waals surface area contributed by atoms with Gasteiger partial charge in [-0.3, -0.25) is 9.59 Å². The van der Waals surface area contributed by atoms with Crippen molar-refractivity contribution in [2.24, 2.45) is 0 Å². The summed E-state index contributed by atoms with van der Waals surface area (Å²) >= 11 is 0. The second-order valence-corrected chi connectivity index (χ2v) is 7.92. The summed E-state index contributed by atoms with van der Waals surface area (Å²) in [5.74, 6) is 0.274. The van der Waals surface area contributed by atoms with E-state index in [4.69, 9.17) is 0 Å². The molecule has 0 saturated carbocycles. The molecule has 4 nitrogen and oxygen atoms in total. The average Bonchev–Trinajstić information content (AvgIpc) is 2.85. The highest BCUT2D eigenvalue weighted by molar-refractivity contribution is 5.79. The van der Waals surface area contributed by atoms with E-state index in [0.717, 1.165) is 12.0 Å². The average molecular weight is 429 g/mol. The molecule has 166 valence electrons. The van der Waals surface area contributed by atoms with Crippen molar-refractivity contribution < 1.29 is 9.59 Å². The van der Waals surface area contributed by atoms with Gasteiger partial charge in [0.1, 0.15) is 0 Å².